The second kappa shape index (κ2) is 6.36. The molecule has 0 radical (unpaired) electrons. The Labute approximate surface area is 145 Å². The maximum absolute atomic E-state index is 12.8. The molecule has 25 heavy (non-hydrogen) atoms. The second-order valence-corrected chi connectivity index (χ2v) is 7.14. The average Bonchev–Trinajstić information content (AvgIpc) is 3.24. The minimum atomic E-state index is -0.877. The van der Waals surface area contributed by atoms with Crippen LogP contribution in [0.15, 0.2) is 24.8 Å². The molecule has 1 amide bonds. The molecule has 8 nitrogen and oxygen atoms in total. The van der Waals surface area contributed by atoms with Crippen LogP contribution in [0.25, 0.3) is 5.65 Å². The van der Waals surface area contributed by atoms with E-state index in [1.54, 1.807) is 12.4 Å². The number of aliphatic hydroxyl groups is 2. The van der Waals surface area contributed by atoms with E-state index in [0.717, 1.165) is 11.3 Å². The van der Waals surface area contributed by atoms with Crippen LogP contribution in [0.5, 0.6) is 0 Å². The number of aliphatic hydroxyl groups excluding tert-OH is 2. The van der Waals surface area contributed by atoms with E-state index in [4.69, 9.17) is 0 Å². The Morgan fingerprint density at radius 3 is 2.96 bits per heavy atom. The summed E-state index contributed by atoms with van der Waals surface area (Å²) in [4.78, 5) is 21.3. The highest BCUT2D eigenvalue weighted by Gasteiger charge is 2.52. The van der Waals surface area contributed by atoms with Crippen LogP contribution in [0.1, 0.15) is 12.6 Å². The molecule has 4 N–H and O–H groups in total. The molecule has 0 aromatic carbocycles. The molecule has 134 valence electrons. The highest BCUT2D eigenvalue weighted by atomic mass is 16.3. The smallest absolute Gasteiger partial charge is 0.224 e. The molecule has 2 aromatic rings. The minimum Gasteiger partial charge on any atom is -0.390 e. The van der Waals surface area contributed by atoms with E-state index in [-0.39, 0.29) is 29.6 Å². The lowest BCUT2D eigenvalue weighted by molar-refractivity contribution is -0.146. The van der Waals surface area contributed by atoms with Gasteiger partial charge in [-0.05, 0) is 18.4 Å². The van der Waals surface area contributed by atoms with Crippen molar-refractivity contribution in [3.8, 4) is 0 Å². The number of hydrogen-bond acceptors (Lipinski definition) is 6. The number of nitrogens with zero attached hydrogens (tertiary/aromatic N) is 3. The Hall–Kier alpha value is -2.03. The van der Waals surface area contributed by atoms with Crippen molar-refractivity contribution < 1.29 is 15.0 Å². The number of hydrogen-bond donors (Lipinski definition) is 4. The van der Waals surface area contributed by atoms with Gasteiger partial charge in [-0.1, -0.05) is 6.92 Å². The molecular weight excluding hydrogens is 322 g/mol. The summed E-state index contributed by atoms with van der Waals surface area (Å²) in [5, 5.41) is 26.8. The Morgan fingerprint density at radius 1 is 1.36 bits per heavy atom. The number of amides is 1. The van der Waals surface area contributed by atoms with E-state index >= 15 is 0 Å². The SMILES string of the molecule is C[C@H]1[C@H](O)[C@@H](O)[C@H]2CNC[C@@H]2[C@H]1C(=O)NCc1cn2ccncc2n1. The Morgan fingerprint density at radius 2 is 2.16 bits per heavy atom. The van der Waals surface area contributed by atoms with Gasteiger partial charge in [-0.2, -0.15) is 0 Å². The van der Waals surface area contributed by atoms with Gasteiger partial charge >= 0.3 is 0 Å². The molecule has 2 aromatic heterocycles. The van der Waals surface area contributed by atoms with Crippen LogP contribution >= 0.6 is 0 Å². The zero-order valence-electron chi connectivity index (χ0n) is 14.0. The van der Waals surface area contributed by atoms with Crippen molar-refractivity contribution >= 4 is 11.6 Å². The predicted molar refractivity (Wildman–Crippen MR) is 89.4 cm³/mol. The topological polar surface area (TPSA) is 112 Å². The van der Waals surface area contributed by atoms with Crippen LogP contribution in [0.4, 0.5) is 0 Å². The van der Waals surface area contributed by atoms with Crippen LogP contribution in [-0.2, 0) is 11.3 Å². The van der Waals surface area contributed by atoms with E-state index in [1.165, 1.54) is 0 Å². The third-order valence-corrected chi connectivity index (χ3v) is 5.73. The fourth-order valence-electron chi connectivity index (χ4n) is 4.36. The summed E-state index contributed by atoms with van der Waals surface area (Å²) in [6, 6.07) is 0. The van der Waals surface area contributed by atoms with Crippen LogP contribution in [0.3, 0.4) is 0 Å². The summed E-state index contributed by atoms with van der Waals surface area (Å²) >= 11 is 0. The van der Waals surface area contributed by atoms with Crippen LogP contribution in [-0.4, -0.2) is 55.8 Å². The van der Waals surface area contributed by atoms with Gasteiger partial charge in [0.25, 0.3) is 0 Å². The Bertz CT molecular complexity index is 745. The lowest BCUT2D eigenvalue weighted by atomic mass is 9.65. The molecule has 1 saturated heterocycles. The second-order valence-electron chi connectivity index (χ2n) is 7.14. The lowest BCUT2D eigenvalue weighted by Gasteiger charge is -2.43. The van der Waals surface area contributed by atoms with E-state index < -0.39 is 12.2 Å². The third-order valence-electron chi connectivity index (χ3n) is 5.73. The quantitative estimate of drug-likeness (QED) is 0.578. The van der Waals surface area contributed by atoms with Crippen LogP contribution in [0.2, 0.25) is 0 Å². The first-order chi connectivity index (χ1) is 12.1. The molecule has 2 aliphatic rings. The van der Waals surface area contributed by atoms with Gasteiger partial charge in [0.2, 0.25) is 5.91 Å². The summed E-state index contributed by atoms with van der Waals surface area (Å²) in [7, 11) is 0. The molecule has 0 bridgehead atoms. The summed E-state index contributed by atoms with van der Waals surface area (Å²) in [6.07, 6.45) is 5.37. The monoisotopic (exact) mass is 345 g/mol. The van der Waals surface area contributed by atoms with E-state index in [0.29, 0.717) is 19.6 Å². The predicted octanol–water partition coefficient (Wildman–Crippen LogP) is -0.831. The summed E-state index contributed by atoms with van der Waals surface area (Å²) in [6.45, 7) is 3.49. The normalized spacial score (nSPS) is 34.8. The number of carbonyl (C=O) groups excluding carboxylic acids is 1. The van der Waals surface area contributed by atoms with Crippen molar-refractivity contribution in [2.75, 3.05) is 13.1 Å². The largest absolute Gasteiger partial charge is 0.390 e. The number of rotatable bonds is 3. The molecule has 4 rings (SSSR count). The van der Waals surface area contributed by atoms with Gasteiger partial charge in [-0.15, -0.1) is 0 Å². The van der Waals surface area contributed by atoms with Crippen molar-refractivity contribution in [3.05, 3.63) is 30.5 Å². The minimum absolute atomic E-state index is 0.0404. The first kappa shape index (κ1) is 16.4. The summed E-state index contributed by atoms with van der Waals surface area (Å²) in [5.41, 5.74) is 1.49. The van der Waals surface area contributed by atoms with Crippen molar-refractivity contribution in [2.24, 2.45) is 23.7 Å². The number of carbonyl (C=O) groups is 1. The zero-order chi connectivity index (χ0) is 17.6. The summed E-state index contributed by atoms with van der Waals surface area (Å²) < 4.78 is 1.86. The fraction of sp³-hybridized carbons (Fsp3) is 0.588. The van der Waals surface area contributed by atoms with E-state index in [1.807, 2.05) is 23.7 Å². The molecule has 1 saturated carbocycles. The first-order valence-electron chi connectivity index (χ1n) is 8.68. The standard InChI is InChI=1S/C17H23N5O3/c1-9-14(11-5-19-6-12(11)16(24)15(9)23)17(25)20-4-10-8-22-3-2-18-7-13(22)21-10/h2-3,7-9,11-12,14-16,19,23-24H,4-6H2,1H3,(H,20,25)/t9-,11+,12+,14+,15+,16+/m1/s1. The number of aromatic nitrogens is 3. The molecule has 1 aliphatic heterocycles. The van der Waals surface area contributed by atoms with E-state index in [2.05, 4.69) is 20.6 Å². The van der Waals surface area contributed by atoms with Gasteiger partial charge in [0.15, 0.2) is 5.65 Å². The van der Waals surface area contributed by atoms with Gasteiger partial charge in [-0.3, -0.25) is 9.78 Å². The molecule has 6 atom stereocenters. The molecule has 2 fully saturated rings. The van der Waals surface area contributed by atoms with Gasteiger partial charge in [0, 0.05) is 37.0 Å². The summed E-state index contributed by atoms with van der Waals surface area (Å²) in [5.74, 6) is -0.743. The molecule has 1 aliphatic carbocycles. The molecule has 3 heterocycles. The van der Waals surface area contributed by atoms with Gasteiger partial charge < -0.3 is 25.2 Å². The van der Waals surface area contributed by atoms with Crippen LogP contribution in [0, 0.1) is 23.7 Å². The molecule has 0 spiro atoms. The van der Waals surface area contributed by atoms with Crippen molar-refractivity contribution in [2.45, 2.75) is 25.7 Å². The highest BCUT2D eigenvalue weighted by Crippen LogP contribution is 2.41. The highest BCUT2D eigenvalue weighted by molar-refractivity contribution is 5.79. The van der Waals surface area contributed by atoms with Gasteiger partial charge in [-0.25, -0.2) is 4.98 Å². The van der Waals surface area contributed by atoms with Crippen molar-refractivity contribution in [3.63, 3.8) is 0 Å². The first-order valence-corrected chi connectivity index (χ1v) is 8.68. The van der Waals surface area contributed by atoms with Crippen molar-refractivity contribution in [1.82, 2.24) is 25.0 Å². The van der Waals surface area contributed by atoms with Crippen LogP contribution < -0.4 is 10.6 Å². The van der Waals surface area contributed by atoms with Gasteiger partial charge in [0.1, 0.15) is 0 Å². The number of fused-ring (bicyclic) bond motifs is 2. The Kier molecular flexibility index (Phi) is 4.18. The maximum atomic E-state index is 12.8. The Balaban J connectivity index is 1.47. The molecular formula is C17H23N5O3. The van der Waals surface area contributed by atoms with Crippen molar-refractivity contribution in [1.29, 1.82) is 0 Å². The number of nitrogens with one attached hydrogen (secondary N) is 2. The third kappa shape index (κ3) is 2.80. The van der Waals surface area contributed by atoms with Gasteiger partial charge in [0.05, 0.1) is 30.6 Å². The van der Waals surface area contributed by atoms with E-state index in [9.17, 15) is 15.0 Å². The fourth-order valence-corrected chi connectivity index (χ4v) is 4.36. The maximum Gasteiger partial charge on any atom is 0.224 e. The lowest BCUT2D eigenvalue weighted by Crippen LogP contribution is -2.55. The zero-order valence-corrected chi connectivity index (χ0v) is 14.0. The number of imidazole rings is 1. The molecule has 0 unspecified atom stereocenters. The molecule has 8 heteroatoms. The average molecular weight is 345 g/mol.